The molecule has 1 amide bonds. The van der Waals surface area contributed by atoms with E-state index in [4.69, 9.17) is 5.73 Å². The first-order valence-corrected chi connectivity index (χ1v) is 6.04. The fraction of sp³-hybridized carbons (Fsp3) is 0.154. The molecule has 0 fully saturated rings. The lowest BCUT2D eigenvalue weighted by Crippen LogP contribution is -2.31. The van der Waals surface area contributed by atoms with Crippen molar-refractivity contribution in [3.05, 3.63) is 47.4 Å². The lowest BCUT2D eigenvalue weighted by Gasteiger charge is -2.27. The third-order valence-electron chi connectivity index (χ3n) is 3.25. The third-order valence-corrected chi connectivity index (χ3v) is 3.25. The Morgan fingerprint density at radius 1 is 1.50 bits per heavy atom. The largest absolute Gasteiger partial charge is 0.508 e. The molecule has 0 spiro atoms. The number of phenolic OH excluding ortho intramolecular Hbond substituents is 1. The van der Waals surface area contributed by atoms with Gasteiger partial charge in [-0.3, -0.25) is 4.79 Å². The standard InChI is InChI=1S/C13H13N5O2/c1-7-10(12(14)20)11(8-3-2-4-9(19)5-8)18-13(17-7)15-6-16-18/h2-6,11,19H,1H3,(H2,14,20)(H,15,16,17)/t11-/m0/s1. The summed E-state index contributed by atoms with van der Waals surface area (Å²) in [6, 6.07) is 6.15. The van der Waals surface area contributed by atoms with E-state index in [0.717, 1.165) is 0 Å². The Hall–Kier alpha value is -2.83. The third kappa shape index (κ3) is 1.80. The van der Waals surface area contributed by atoms with Crippen molar-refractivity contribution in [2.24, 2.45) is 5.73 Å². The van der Waals surface area contributed by atoms with Crippen LogP contribution in [0.3, 0.4) is 0 Å². The van der Waals surface area contributed by atoms with Crippen molar-refractivity contribution >= 4 is 11.9 Å². The summed E-state index contributed by atoms with van der Waals surface area (Å²) in [6.07, 6.45) is 1.40. The summed E-state index contributed by atoms with van der Waals surface area (Å²) in [5, 5.41) is 16.8. The number of hydrogen-bond acceptors (Lipinski definition) is 5. The van der Waals surface area contributed by atoms with Gasteiger partial charge in [0, 0.05) is 5.70 Å². The Morgan fingerprint density at radius 2 is 2.30 bits per heavy atom. The molecule has 0 aliphatic carbocycles. The predicted molar refractivity (Wildman–Crippen MR) is 71.8 cm³/mol. The van der Waals surface area contributed by atoms with Crippen LogP contribution in [0, 0.1) is 0 Å². The number of rotatable bonds is 2. The topological polar surface area (TPSA) is 106 Å². The van der Waals surface area contributed by atoms with Crippen LogP contribution in [0.25, 0.3) is 0 Å². The number of carbonyl (C=O) groups is 1. The van der Waals surface area contributed by atoms with E-state index in [1.54, 1.807) is 35.9 Å². The molecule has 1 aromatic heterocycles. The molecule has 2 aromatic rings. The van der Waals surface area contributed by atoms with Crippen LogP contribution in [-0.2, 0) is 4.79 Å². The maximum atomic E-state index is 11.8. The van der Waals surface area contributed by atoms with Crippen LogP contribution >= 0.6 is 0 Å². The Kier molecular flexibility index (Phi) is 2.67. The average Bonchev–Trinajstić information content (AvgIpc) is 2.84. The van der Waals surface area contributed by atoms with Crippen molar-refractivity contribution in [2.75, 3.05) is 5.32 Å². The van der Waals surface area contributed by atoms with E-state index in [2.05, 4.69) is 15.4 Å². The number of nitrogens with zero attached hydrogens (tertiary/aromatic N) is 3. The molecule has 0 unspecified atom stereocenters. The normalized spacial score (nSPS) is 17.6. The highest BCUT2D eigenvalue weighted by Gasteiger charge is 2.32. The van der Waals surface area contributed by atoms with Crippen LogP contribution in [0.4, 0.5) is 5.95 Å². The van der Waals surface area contributed by atoms with Crippen LogP contribution in [-0.4, -0.2) is 25.8 Å². The second-order valence-corrected chi connectivity index (χ2v) is 4.55. The molecular formula is C13H13N5O2. The maximum absolute atomic E-state index is 11.8. The fourth-order valence-electron chi connectivity index (χ4n) is 2.41. The number of anilines is 1. The van der Waals surface area contributed by atoms with Gasteiger partial charge in [0.25, 0.3) is 0 Å². The number of nitrogens with two attached hydrogens (primary N) is 1. The number of fused-ring (bicyclic) bond motifs is 1. The van der Waals surface area contributed by atoms with Crippen LogP contribution < -0.4 is 11.1 Å². The van der Waals surface area contributed by atoms with E-state index in [0.29, 0.717) is 22.8 Å². The van der Waals surface area contributed by atoms with E-state index < -0.39 is 11.9 Å². The first-order valence-electron chi connectivity index (χ1n) is 6.04. The monoisotopic (exact) mass is 271 g/mol. The summed E-state index contributed by atoms with van der Waals surface area (Å²) in [6.45, 7) is 1.76. The highest BCUT2D eigenvalue weighted by Crippen LogP contribution is 2.35. The average molecular weight is 271 g/mol. The molecular weight excluding hydrogens is 258 g/mol. The minimum absolute atomic E-state index is 0.115. The first kappa shape index (κ1) is 12.2. The van der Waals surface area contributed by atoms with E-state index in [-0.39, 0.29) is 5.75 Å². The van der Waals surface area contributed by atoms with E-state index in [1.807, 2.05) is 0 Å². The summed E-state index contributed by atoms with van der Waals surface area (Å²) in [5.74, 6) is 0.106. The Bertz CT molecular complexity index is 719. The highest BCUT2D eigenvalue weighted by molar-refractivity contribution is 5.95. The van der Waals surface area contributed by atoms with Gasteiger partial charge >= 0.3 is 0 Å². The zero-order valence-electron chi connectivity index (χ0n) is 10.7. The number of allylic oxidation sites excluding steroid dienone is 1. The minimum atomic E-state index is -0.538. The van der Waals surface area contributed by atoms with Crippen LogP contribution in [0.15, 0.2) is 41.9 Å². The van der Waals surface area contributed by atoms with Gasteiger partial charge in [0.1, 0.15) is 18.1 Å². The van der Waals surface area contributed by atoms with Gasteiger partial charge in [-0.1, -0.05) is 12.1 Å². The number of hydrogen-bond donors (Lipinski definition) is 3. The molecule has 0 saturated carbocycles. The zero-order chi connectivity index (χ0) is 14.3. The van der Waals surface area contributed by atoms with Crippen molar-refractivity contribution in [1.82, 2.24) is 14.8 Å². The van der Waals surface area contributed by atoms with Gasteiger partial charge in [-0.05, 0) is 24.6 Å². The number of phenols is 1. The SMILES string of the molecule is CC1=C(C(N)=O)[C@H](c2cccc(O)c2)n2ncnc2N1. The summed E-state index contributed by atoms with van der Waals surface area (Å²) in [4.78, 5) is 15.9. The Labute approximate surface area is 114 Å². The molecule has 1 atom stereocenters. The van der Waals surface area contributed by atoms with Crippen molar-refractivity contribution in [3.8, 4) is 5.75 Å². The number of aromatic nitrogens is 3. The van der Waals surface area contributed by atoms with Crippen LogP contribution in [0.2, 0.25) is 0 Å². The zero-order valence-corrected chi connectivity index (χ0v) is 10.7. The lowest BCUT2D eigenvalue weighted by atomic mass is 9.95. The summed E-state index contributed by atoms with van der Waals surface area (Å²) in [5.41, 5.74) is 7.23. The van der Waals surface area contributed by atoms with Gasteiger partial charge in [0.05, 0.1) is 5.57 Å². The van der Waals surface area contributed by atoms with Crippen LogP contribution in [0.5, 0.6) is 5.75 Å². The summed E-state index contributed by atoms with van der Waals surface area (Å²) in [7, 11) is 0. The predicted octanol–water partition coefficient (Wildman–Crippen LogP) is 0.758. The number of aromatic hydroxyl groups is 1. The number of amides is 1. The van der Waals surface area contributed by atoms with Gasteiger partial charge in [-0.15, -0.1) is 0 Å². The maximum Gasteiger partial charge on any atom is 0.248 e. The fourth-order valence-corrected chi connectivity index (χ4v) is 2.41. The molecule has 3 rings (SSSR count). The van der Waals surface area contributed by atoms with E-state index >= 15 is 0 Å². The van der Waals surface area contributed by atoms with Crippen molar-refractivity contribution in [1.29, 1.82) is 0 Å². The number of benzene rings is 1. The number of nitrogens with one attached hydrogen (secondary N) is 1. The summed E-state index contributed by atoms with van der Waals surface area (Å²) < 4.78 is 1.57. The quantitative estimate of drug-likeness (QED) is 0.747. The van der Waals surface area contributed by atoms with Crippen molar-refractivity contribution in [2.45, 2.75) is 13.0 Å². The Balaban J connectivity index is 2.22. The molecule has 1 aromatic carbocycles. The van der Waals surface area contributed by atoms with Crippen molar-refractivity contribution in [3.63, 3.8) is 0 Å². The molecule has 4 N–H and O–H groups in total. The smallest absolute Gasteiger partial charge is 0.248 e. The first-order chi connectivity index (χ1) is 9.58. The molecule has 7 nitrogen and oxygen atoms in total. The molecule has 0 radical (unpaired) electrons. The summed E-state index contributed by atoms with van der Waals surface area (Å²) >= 11 is 0. The molecule has 1 aliphatic heterocycles. The van der Waals surface area contributed by atoms with Gasteiger partial charge in [0.2, 0.25) is 11.9 Å². The number of carbonyl (C=O) groups excluding carboxylic acids is 1. The minimum Gasteiger partial charge on any atom is -0.508 e. The molecule has 20 heavy (non-hydrogen) atoms. The molecule has 0 bridgehead atoms. The number of primary amides is 1. The molecule has 1 aliphatic rings. The molecule has 2 heterocycles. The van der Waals surface area contributed by atoms with Crippen molar-refractivity contribution < 1.29 is 9.90 Å². The van der Waals surface area contributed by atoms with E-state index in [1.165, 1.54) is 6.33 Å². The van der Waals surface area contributed by atoms with E-state index in [9.17, 15) is 9.90 Å². The van der Waals surface area contributed by atoms with Gasteiger partial charge < -0.3 is 16.2 Å². The van der Waals surface area contributed by atoms with Gasteiger partial charge in [-0.25, -0.2) is 4.68 Å². The molecule has 7 heteroatoms. The second-order valence-electron chi connectivity index (χ2n) is 4.55. The van der Waals surface area contributed by atoms with Gasteiger partial charge in [-0.2, -0.15) is 10.1 Å². The highest BCUT2D eigenvalue weighted by atomic mass is 16.3. The molecule has 102 valence electrons. The molecule has 0 saturated heterocycles. The second kappa shape index (κ2) is 4.37. The lowest BCUT2D eigenvalue weighted by molar-refractivity contribution is -0.115. The van der Waals surface area contributed by atoms with Crippen LogP contribution in [0.1, 0.15) is 18.5 Å². The Morgan fingerprint density at radius 3 is 3.00 bits per heavy atom. The van der Waals surface area contributed by atoms with Gasteiger partial charge in [0.15, 0.2) is 0 Å².